The smallest absolute Gasteiger partial charge is 0.115 e. The molecule has 0 aliphatic carbocycles. The van der Waals surface area contributed by atoms with Gasteiger partial charge in [0.25, 0.3) is 0 Å². The van der Waals surface area contributed by atoms with Crippen LogP contribution in [0.4, 0.5) is 11.4 Å². The number of hydrogen-bond donors (Lipinski definition) is 1. The SMILES string of the molecule is Oc1ccc(Cc2ccc(Cc3ccc4cc3N=N4)cc2)cc1. The molecule has 23 heavy (non-hydrogen) atoms. The maximum atomic E-state index is 9.33. The predicted octanol–water partition coefficient (Wildman–Crippen LogP) is 5.30. The first-order valence-corrected chi connectivity index (χ1v) is 7.67. The number of aromatic hydroxyl groups is 1. The van der Waals surface area contributed by atoms with Gasteiger partial charge in [0.1, 0.15) is 5.75 Å². The van der Waals surface area contributed by atoms with Gasteiger partial charge in [0.2, 0.25) is 0 Å². The summed E-state index contributed by atoms with van der Waals surface area (Å²) in [7, 11) is 0. The van der Waals surface area contributed by atoms with E-state index in [2.05, 4.69) is 40.6 Å². The summed E-state index contributed by atoms with van der Waals surface area (Å²) in [6.45, 7) is 0. The maximum absolute atomic E-state index is 9.33. The molecule has 3 nitrogen and oxygen atoms in total. The molecule has 2 bridgehead atoms. The number of azo groups is 1. The summed E-state index contributed by atoms with van der Waals surface area (Å²) >= 11 is 0. The Kier molecular flexibility index (Phi) is 3.39. The Morgan fingerprint density at radius 3 is 1.96 bits per heavy atom. The lowest BCUT2D eigenvalue weighted by Crippen LogP contribution is -1.91. The summed E-state index contributed by atoms with van der Waals surface area (Å²) in [5, 5.41) is 17.6. The van der Waals surface area contributed by atoms with Crippen molar-refractivity contribution in [2.24, 2.45) is 10.2 Å². The lowest BCUT2D eigenvalue weighted by atomic mass is 9.99. The molecule has 3 heteroatoms. The van der Waals surface area contributed by atoms with Gasteiger partial charge in [0.05, 0.1) is 11.4 Å². The number of rotatable bonds is 4. The van der Waals surface area contributed by atoms with E-state index in [4.69, 9.17) is 0 Å². The van der Waals surface area contributed by atoms with E-state index in [1.54, 1.807) is 12.1 Å². The number of phenols is 1. The molecule has 0 saturated heterocycles. The minimum atomic E-state index is 0.306. The Morgan fingerprint density at radius 1 is 0.652 bits per heavy atom. The second kappa shape index (κ2) is 5.69. The van der Waals surface area contributed by atoms with Gasteiger partial charge in [-0.3, -0.25) is 0 Å². The van der Waals surface area contributed by atoms with Gasteiger partial charge in [-0.25, -0.2) is 0 Å². The van der Waals surface area contributed by atoms with Crippen LogP contribution in [0.3, 0.4) is 0 Å². The number of phenolic OH excluding ortho intramolecular Hbond substituents is 1. The molecular weight excluding hydrogens is 284 g/mol. The highest BCUT2D eigenvalue weighted by Gasteiger charge is 2.09. The van der Waals surface area contributed by atoms with Gasteiger partial charge < -0.3 is 5.11 Å². The minimum absolute atomic E-state index is 0.306. The van der Waals surface area contributed by atoms with E-state index in [0.29, 0.717) is 5.75 Å². The third-order valence-corrected chi connectivity index (χ3v) is 4.10. The summed E-state index contributed by atoms with van der Waals surface area (Å²) in [6, 6.07) is 22.2. The molecule has 0 spiro atoms. The van der Waals surface area contributed by atoms with E-state index in [1.165, 1.54) is 22.3 Å². The normalized spacial score (nSPS) is 11.8. The van der Waals surface area contributed by atoms with E-state index >= 15 is 0 Å². The van der Waals surface area contributed by atoms with Crippen molar-refractivity contribution >= 4 is 11.4 Å². The van der Waals surface area contributed by atoms with Gasteiger partial charge in [-0.1, -0.05) is 42.5 Å². The predicted molar refractivity (Wildman–Crippen MR) is 90.8 cm³/mol. The molecule has 0 unspecified atom stereocenters. The standard InChI is InChI=1S/C20H16N2O/c23-19-9-5-15(6-10-19)11-14-1-3-16(4-2-14)12-17-7-8-18-13-20(17)22-21-18/h1-10,13,23H,11-12H2. The van der Waals surface area contributed by atoms with Gasteiger partial charge in [0.15, 0.2) is 0 Å². The highest BCUT2D eigenvalue weighted by Crippen LogP contribution is 2.34. The first kappa shape index (κ1) is 13.7. The van der Waals surface area contributed by atoms with Crippen molar-refractivity contribution in [3.05, 3.63) is 89.0 Å². The zero-order chi connectivity index (χ0) is 15.6. The topological polar surface area (TPSA) is 45.0 Å². The first-order chi connectivity index (χ1) is 11.3. The van der Waals surface area contributed by atoms with Crippen LogP contribution in [0.1, 0.15) is 22.3 Å². The molecule has 0 radical (unpaired) electrons. The highest BCUT2D eigenvalue weighted by atomic mass is 16.3. The van der Waals surface area contributed by atoms with E-state index in [1.807, 2.05) is 24.3 Å². The highest BCUT2D eigenvalue weighted by molar-refractivity contribution is 5.59. The fourth-order valence-electron chi connectivity index (χ4n) is 2.81. The molecule has 0 aromatic heterocycles. The van der Waals surface area contributed by atoms with Crippen molar-refractivity contribution in [3.63, 3.8) is 0 Å². The lowest BCUT2D eigenvalue weighted by molar-refractivity contribution is 0.475. The van der Waals surface area contributed by atoms with Crippen LogP contribution in [0.2, 0.25) is 0 Å². The number of benzene rings is 3. The Morgan fingerprint density at radius 2 is 1.26 bits per heavy atom. The van der Waals surface area contributed by atoms with Crippen LogP contribution in [0, 0.1) is 0 Å². The Balaban J connectivity index is 1.48. The lowest BCUT2D eigenvalue weighted by Gasteiger charge is -2.06. The van der Waals surface area contributed by atoms with Crippen LogP contribution in [-0.2, 0) is 12.8 Å². The molecule has 0 amide bonds. The van der Waals surface area contributed by atoms with Crippen molar-refractivity contribution in [2.45, 2.75) is 12.8 Å². The van der Waals surface area contributed by atoms with Gasteiger partial charge in [-0.05, 0) is 59.4 Å². The molecule has 112 valence electrons. The van der Waals surface area contributed by atoms with E-state index in [9.17, 15) is 5.11 Å². The van der Waals surface area contributed by atoms with Crippen LogP contribution >= 0.6 is 0 Å². The van der Waals surface area contributed by atoms with Gasteiger partial charge in [0, 0.05) is 0 Å². The second-order valence-electron chi connectivity index (χ2n) is 5.85. The summed E-state index contributed by atoms with van der Waals surface area (Å²) in [4.78, 5) is 0. The third-order valence-electron chi connectivity index (χ3n) is 4.10. The zero-order valence-corrected chi connectivity index (χ0v) is 12.6. The molecule has 1 aliphatic heterocycles. The summed E-state index contributed by atoms with van der Waals surface area (Å²) < 4.78 is 0. The molecule has 0 fully saturated rings. The molecule has 1 heterocycles. The van der Waals surface area contributed by atoms with Gasteiger partial charge in [-0.15, -0.1) is 0 Å². The average Bonchev–Trinajstić information content (AvgIpc) is 2.97. The molecule has 4 rings (SSSR count). The zero-order valence-electron chi connectivity index (χ0n) is 12.6. The fourth-order valence-corrected chi connectivity index (χ4v) is 2.81. The maximum Gasteiger partial charge on any atom is 0.115 e. The van der Waals surface area contributed by atoms with Crippen molar-refractivity contribution in [1.29, 1.82) is 0 Å². The van der Waals surface area contributed by atoms with Crippen LogP contribution in [0.15, 0.2) is 77.0 Å². The van der Waals surface area contributed by atoms with Gasteiger partial charge >= 0.3 is 0 Å². The second-order valence-corrected chi connectivity index (χ2v) is 5.85. The van der Waals surface area contributed by atoms with Gasteiger partial charge in [-0.2, -0.15) is 10.2 Å². The Bertz CT molecular complexity index is 865. The fraction of sp³-hybridized carbons (Fsp3) is 0.100. The molecule has 1 aliphatic rings. The molecule has 3 aromatic rings. The summed E-state index contributed by atoms with van der Waals surface area (Å²) in [6.07, 6.45) is 1.74. The van der Waals surface area contributed by atoms with E-state index in [-0.39, 0.29) is 0 Å². The van der Waals surface area contributed by atoms with Crippen molar-refractivity contribution < 1.29 is 5.11 Å². The van der Waals surface area contributed by atoms with Crippen molar-refractivity contribution in [2.75, 3.05) is 0 Å². The summed E-state index contributed by atoms with van der Waals surface area (Å²) in [5.41, 5.74) is 6.86. The largest absolute Gasteiger partial charge is 0.508 e. The number of nitrogens with zero attached hydrogens (tertiary/aromatic N) is 2. The molecule has 3 aromatic carbocycles. The Hall–Kier alpha value is -2.94. The molecular formula is C20H16N2O. The summed E-state index contributed by atoms with van der Waals surface area (Å²) in [5.74, 6) is 0.306. The number of fused-ring (bicyclic) bond motifs is 2. The first-order valence-electron chi connectivity index (χ1n) is 7.67. The number of hydrogen-bond acceptors (Lipinski definition) is 3. The monoisotopic (exact) mass is 300 g/mol. The van der Waals surface area contributed by atoms with Crippen LogP contribution in [-0.4, -0.2) is 5.11 Å². The average molecular weight is 300 g/mol. The molecule has 1 N–H and O–H groups in total. The van der Waals surface area contributed by atoms with E-state index in [0.717, 1.165) is 24.2 Å². The molecule has 0 atom stereocenters. The van der Waals surface area contributed by atoms with E-state index < -0.39 is 0 Å². The van der Waals surface area contributed by atoms with Crippen molar-refractivity contribution in [1.82, 2.24) is 0 Å². The molecule has 0 saturated carbocycles. The Labute approximate surface area is 135 Å². The third kappa shape index (κ3) is 2.99. The van der Waals surface area contributed by atoms with Crippen LogP contribution in [0.5, 0.6) is 5.75 Å². The quantitative estimate of drug-likeness (QED) is 0.546. The van der Waals surface area contributed by atoms with Crippen molar-refractivity contribution in [3.8, 4) is 5.75 Å². The minimum Gasteiger partial charge on any atom is -0.508 e. The van der Waals surface area contributed by atoms with Crippen LogP contribution in [0.25, 0.3) is 0 Å². The van der Waals surface area contributed by atoms with Crippen LogP contribution < -0.4 is 0 Å².